The molecule has 0 saturated carbocycles. The van der Waals surface area contributed by atoms with Crippen molar-refractivity contribution in [2.24, 2.45) is 0 Å². The number of hydrogen-bond acceptors (Lipinski definition) is 19. The smallest absolute Gasteiger partial charge is 0.416 e. The van der Waals surface area contributed by atoms with Crippen LogP contribution in [-0.4, -0.2) is 142 Å². The third kappa shape index (κ3) is 16.3. The van der Waals surface area contributed by atoms with Crippen molar-refractivity contribution in [2.45, 2.75) is 82.3 Å². The molecule has 6 N–H and O–H groups in total. The van der Waals surface area contributed by atoms with Gasteiger partial charge < -0.3 is 50.7 Å². The fourth-order valence-electron chi connectivity index (χ4n) is 12.0. The van der Waals surface area contributed by atoms with Crippen LogP contribution >= 0.6 is 45.2 Å². The number of pyridine rings is 1. The number of benzene rings is 4. The highest BCUT2D eigenvalue weighted by molar-refractivity contribution is 14.1. The molecule has 3 aliphatic rings. The number of nitrogens with zero attached hydrogens (tertiary/aromatic N) is 15. The second-order valence-electron chi connectivity index (χ2n) is 23.5. The van der Waals surface area contributed by atoms with Gasteiger partial charge in [-0.15, -0.1) is 0 Å². The van der Waals surface area contributed by atoms with E-state index in [0.29, 0.717) is 82.7 Å². The van der Waals surface area contributed by atoms with Crippen molar-refractivity contribution >= 4 is 103 Å². The average molecular weight is 1570 g/mol. The molecule has 4 amide bonds. The molecular weight excluding hydrogens is 1510 g/mol. The number of piperidine rings is 3. The van der Waals surface area contributed by atoms with Crippen LogP contribution in [-0.2, 0) is 40.2 Å². The fraction of sp³-hybridized carbons (Fsp3) is 0.284. The molecule has 0 unspecified atom stereocenters. The van der Waals surface area contributed by atoms with E-state index in [4.69, 9.17) is 30.7 Å². The maximum absolute atomic E-state index is 13.0. The maximum Gasteiger partial charge on any atom is 0.416 e. The number of carbonyl (C=O) groups excluding carboxylic acids is 4. The Morgan fingerprint density at radius 2 is 0.990 bits per heavy atom. The first-order chi connectivity index (χ1) is 47.9. The summed E-state index contributed by atoms with van der Waals surface area (Å²) in [4.78, 5) is 96.5. The van der Waals surface area contributed by atoms with Crippen molar-refractivity contribution in [3.63, 3.8) is 0 Å². The van der Waals surface area contributed by atoms with E-state index in [1.165, 1.54) is 31.1 Å². The van der Waals surface area contributed by atoms with E-state index in [2.05, 4.69) is 73.1 Å². The van der Waals surface area contributed by atoms with Gasteiger partial charge in [0.25, 0.3) is 11.5 Å². The molecule has 510 valence electrons. The number of amides is 4. The van der Waals surface area contributed by atoms with Crippen LogP contribution in [0.25, 0.3) is 27.8 Å². The van der Waals surface area contributed by atoms with Crippen molar-refractivity contribution in [3.8, 4) is 11.3 Å². The number of nitrogens with one attached hydrogen (secondary N) is 2. The number of halogens is 5. The lowest BCUT2D eigenvalue weighted by Crippen LogP contribution is -2.40. The highest BCUT2D eigenvalue weighted by atomic mass is 127. The number of nitrogen functional groups attached to an aromatic ring is 2. The van der Waals surface area contributed by atoms with Crippen LogP contribution in [0.2, 0.25) is 0 Å². The standard InChI is InChI=1S/C31H27F3N8O3.C18H19IN6O2.C18H18IN5O3/c32-31(33,34)23-12-13-36-24(15-23)39-29(43)21-10-8-20(9-11-21)25-26-27(35)37-18-38-42(26)28(40-25)22-7-4-14-41(16-22)30(44)45-17-19-5-2-1-3-6-19;19-15-14-16(20)21-11-22-25(14)17(23-15)13-7-4-8-24(9-13)18(26)27-10-12-5-2-1-3-6-12;19-15-14-17(25)20-11-21-24(14)16(22-15)13-7-4-8-23(9-13)18(26)27-10-12-5-2-1-3-6-12/h1-3,5-6,8-13,15,18,22H,4,7,14,16-17H2,(H2,35,37,38)(H,36,39,43);1-3,5-6,11,13H,4,7-10H2,(H2,20,21,22);1-3,5-6,11,13H,4,7-10H2,(H,20,21,25)/t22-;2*13-/m111/s1. The van der Waals surface area contributed by atoms with Gasteiger partial charge in [-0.2, -0.15) is 28.5 Å². The number of ether oxygens (including phenoxy) is 3. The SMILES string of the molecule is Nc1ncnn2c([C@@H]3CCCN(C(=O)OCc4ccccc4)C3)nc(-c3ccc(C(=O)Nc4cc(C(F)(F)F)ccn4)cc3)c12.Nc1ncnn2c([C@@H]3CCCN(C(=O)OCc4ccccc4)C3)nc(I)c12.O=C(OCc1ccccc1)N1CCC[C@@H](c2nc(I)c3c(=O)[nH]cnn23)C1. The van der Waals surface area contributed by atoms with Gasteiger partial charge in [-0.3, -0.25) is 9.59 Å². The molecule has 10 heterocycles. The van der Waals surface area contributed by atoms with Gasteiger partial charge in [-0.1, -0.05) is 103 Å². The second-order valence-corrected chi connectivity index (χ2v) is 25.5. The zero-order valence-corrected chi connectivity index (χ0v) is 57.1. The number of imidazole rings is 3. The number of fused-ring (bicyclic) bond motifs is 3. The van der Waals surface area contributed by atoms with E-state index < -0.39 is 23.7 Å². The Hall–Kier alpha value is -10.4. The number of nitrogens with two attached hydrogens (primary N) is 2. The molecule has 3 aliphatic heterocycles. The summed E-state index contributed by atoms with van der Waals surface area (Å²) in [5.41, 5.74) is 16.8. The van der Waals surface area contributed by atoms with Crippen molar-refractivity contribution < 1.29 is 46.6 Å². The number of alkyl halides is 3. The van der Waals surface area contributed by atoms with E-state index in [1.54, 1.807) is 40.4 Å². The molecule has 11 aromatic rings. The molecular formula is C67H64F3I2N19O8. The van der Waals surface area contributed by atoms with Gasteiger partial charge >= 0.3 is 24.5 Å². The number of hydrogen-bond donors (Lipinski definition) is 4. The average Bonchev–Trinajstić information content (AvgIpc) is 1.31. The third-order valence-electron chi connectivity index (χ3n) is 16.8. The highest BCUT2D eigenvalue weighted by Gasteiger charge is 2.35. The Kier molecular flexibility index (Phi) is 21.5. The van der Waals surface area contributed by atoms with E-state index in [0.717, 1.165) is 88.6 Å². The topological polar surface area (TPSA) is 332 Å². The largest absolute Gasteiger partial charge is 0.445 e. The minimum Gasteiger partial charge on any atom is -0.445 e. The summed E-state index contributed by atoms with van der Waals surface area (Å²) in [5, 5.41) is 15.3. The van der Waals surface area contributed by atoms with E-state index in [9.17, 15) is 37.1 Å². The van der Waals surface area contributed by atoms with E-state index in [-0.39, 0.29) is 72.5 Å². The van der Waals surface area contributed by atoms with E-state index >= 15 is 0 Å². The van der Waals surface area contributed by atoms with Crippen molar-refractivity contribution in [3.05, 3.63) is 216 Å². The molecule has 3 saturated heterocycles. The predicted octanol–water partition coefficient (Wildman–Crippen LogP) is 10.9. The summed E-state index contributed by atoms with van der Waals surface area (Å²) < 4.78 is 62.0. The Labute approximate surface area is 589 Å². The van der Waals surface area contributed by atoms with Crippen LogP contribution in [0.1, 0.15) is 106 Å². The Morgan fingerprint density at radius 1 is 0.556 bits per heavy atom. The molecule has 14 rings (SSSR count). The minimum absolute atomic E-state index is 0.00772. The summed E-state index contributed by atoms with van der Waals surface area (Å²) >= 11 is 4.18. The van der Waals surface area contributed by atoms with E-state index in [1.807, 2.05) is 114 Å². The van der Waals surface area contributed by atoms with Crippen molar-refractivity contribution in [1.29, 1.82) is 0 Å². The molecule has 0 spiro atoms. The molecule has 0 radical (unpaired) electrons. The molecule has 27 nitrogen and oxygen atoms in total. The number of H-pyrrole nitrogens is 1. The van der Waals surface area contributed by atoms with Gasteiger partial charge in [0.1, 0.15) is 86.2 Å². The molecule has 3 fully saturated rings. The number of aromatic nitrogens is 13. The zero-order valence-electron chi connectivity index (χ0n) is 52.8. The van der Waals surface area contributed by atoms with Crippen LogP contribution < -0.4 is 22.3 Å². The Morgan fingerprint density at radius 3 is 1.46 bits per heavy atom. The van der Waals surface area contributed by atoms with Crippen molar-refractivity contribution in [1.82, 2.24) is 78.4 Å². The van der Waals surface area contributed by atoms with Crippen molar-refractivity contribution in [2.75, 3.05) is 56.1 Å². The fourth-order valence-corrected chi connectivity index (χ4v) is 13.4. The molecule has 4 aromatic carbocycles. The Balaban J connectivity index is 0.000000149. The van der Waals surface area contributed by atoms with Gasteiger partial charge in [0.15, 0.2) is 17.2 Å². The highest BCUT2D eigenvalue weighted by Crippen LogP contribution is 2.36. The van der Waals surface area contributed by atoms with Gasteiger partial charge in [-0.05, 0) is 125 Å². The number of carbonyl (C=O) groups is 4. The Bertz CT molecular complexity index is 4740. The van der Waals surface area contributed by atoms with Crippen LogP contribution in [0.3, 0.4) is 0 Å². The lowest BCUT2D eigenvalue weighted by atomic mass is 9.97. The lowest BCUT2D eigenvalue weighted by Gasteiger charge is -2.31. The van der Waals surface area contributed by atoms with Crippen LogP contribution in [0, 0.1) is 7.40 Å². The predicted molar refractivity (Wildman–Crippen MR) is 373 cm³/mol. The van der Waals surface area contributed by atoms with Crippen LogP contribution in [0.15, 0.2) is 157 Å². The number of anilines is 3. The summed E-state index contributed by atoms with van der Waals surface area (Å²) in [6.45, 7) is 4.00. The third-order valence-corrected chi connectivity index (χ3v) is 18.4. The quantitative estimate of drug-likeness (QED) is 0.0652. The molecule has 32 heteroatoms. The molecule has 0 aliphatic carbocycles. The van der Waals surface area contributed by atoms with Gasteiger partial charge in [0, 0.05) is 74.3 Å². The molecule has 3 atom stereocenters. The normalized spacial score (nSPS) is 16.3. The second kappa shape index (κ2) is 31.0. The first-order valence-corrected chi connectivity index (χ1v) is 33.7. The summed E-state index contributed by atoms with van der Waals surface area (Å²) in [6, 6.07) is 36.7. The van der Waals surface area contributed by atoms with Gasteiger partial charge in [0.2, 0.25) is 0 Å². The van der Waals surface area contributed by atoms with Gasteiger partial charge in [0.05, 0.1) is 5.56 Å². The molecule has 99 heavy (non-hydrogen) atoms. The summed E-state index contributed by atoms with van der Waals surface area (Å²) in [5.74, 6) is 1.80. The molecule has 7 aromatic heterocycles. The van der Waals surface area contributed by atoms with Crippen LogP contribution in [0.4, 0.5) is 45.0 Å². The number of rotatable bonds is 12. The summed E-state index contributed by atoms with van der Waals surface area (Å²) in [6.07, 6.45) is 4.55. The number of aromatic amines is 1. The summed E-state index contributed by atoms with van der Waals surface area (Å²) in [7, 11) is 0. The first kappa shape index (κ1) is 68.5. The molecule has 0 bridgehead atoms. The minimum atomic E-state index is -4.57. The number of likely N-dealkylation sites (tertiary alicyclic amines) is 3. The van der Waals surface area contributed by atoms with Gasteiger partial charge in [-0.25, -0.2) is 57.8 Å². The first-order valence-electron chi connectivity index (χ1n) is 31.5. The van der Waals surface area contributed by atoms with Crippen LogP contribution in [0.5, 0.6) is 0 Å². The monoisotopic (exact) mass is 1570 g/mol. The zero-order chi connectivity index (χ0) is 69.2. The maximum atomic E-state index is 13.0. The lowest BCUT2D eigenvalue weighted by molar-refractivity contribution is -0.137.